The topological polar surface area (TPSA) is 38.8 Å². The average molecular weight is 618 g/mol. The summed E-state index contributed by atoms with van der Waals surface area (Å²) in [5.41, 5.74) is 7.32. The zero-order chi connectivity index (χ0) is 33.0. The van der Waals surface area contributed by atoms with Crippen molar-refractivity contribution in [2.24, 2.45) is 0 Å². The van der Waals surface area contributed by atoms with Gasteiger partial charge in [-0.15, -0.1) is 0 Å². The number of likely N-dealkylation sites (N-methyl/N-ethyl adjacent to an activating group) is 1. The van der Waals surface area contributed by atoms with Gasteiger partial charge in [-0.1, -0.05) is 126 Å². The third-order valence-corrected chi connectivity index (χ3v) is 9.79. The summed E-state index contributed by atoms with van der Waals surface area (Å²) in [6.07, 6.45) is -0.249. The minimum atomic E-state index is -1.82. The van der Waals surface area contributed by atoms with Gasteiger partial charge in [-0.25, -0.2) is 0 Å². The first-order chi connectivity index (χ1) is 20.1. The Hall–Kier alpha value is -2.52. The molecule has 0 spiro atoms. The summed E-state index contributed by atoms with van der Waals surface area (Å²) in [5, 5.41) is 2.17. The third kappa shape index (κ3) is 7.30. The van der Waals surface area contributed by atoms with Crippen LogP contribution in [-0.4, -0.2) is 25.0 Å². The van der Waals surface area contributed by atoms with Gasteiger partial charge < -0.3 is 13.3 Å². The van der Waals surface area contributed by atoms with E-state index in [1.165, 1.54) is 22.3 Å². The number of benzene rings is 3. The predicted octanol–water partition coefficient (Wildman–Crippen LogP) is 11.6. The second-order valence-corrected chi connectivity index (χ2v) is 17.9. The number of fused-ring (bicyclic) bond motifs is 3. The van der Waals surface area contributed by atoms with Crippen molar-refractivity contribution in [3.05, 3.63) is 82.4 Å². The summed E-state index contributed by atoms with van der Waals surface area (Å²) in [7, 11) is 2.36. The molecule has 5 heteroatoms. The van der Waals surface area contributed by atoms with Crippen molar-refractivity contribution in [3.8, 4) is 0 Å². The van der Waals surface area contributed by atoms with E-state index in [-0.39, 0.29) is 33.8 Å². The van der Waals surface area contributed by atoms with Gasteiger partial charge in [-0.2, -0.15) is 0 Å². The van der Waals surface area contributed by atoms with Crippen LogP contribution in [0.1, 0.15) is 124 Å². The third-order valence-electron chi connectivity index (χ3n) is 8.73. The minimum Gasteiger partial charge on any atom is -0.399 e. The summed E-state index contributed by atoms with van der Waals surface area (Å²) >= 11 is 0. The maximum atomic E-state index is 7.04. The van der Waals surface area contributed by atoms with Crippen LogP contribution in [0.5, 0.6) is 0 Å². The molecular formula is C39H56NO3P. The molecule has 0 saturated carbocycles. The fourth-order valence-electron chi connectivity index (χ4n) is 5.48. The summed E-state index contributed by atoms with van der Waals surface area (Å²) in [5.74, 6) is 0. The average Bonchev–Trinajstić information content (AvgIpc) is 3.04. The summed E-state index contributed by atoms with van der Waals surface area (Å²) in [4.78, 5) is 2.19. The lowest BCUT2D eigenvalue weighted by Crippen LogP contribution is -2.33. The number of rotatable bonds is 5. The molecule has 3 aromatic carbocycles. The van der Waals surface area contributed by atoms with Gasteiger partial charge in [0, 0.05) is 27.9 Å². The van der Waals surface area contributed by atoms with Crippen molar-refractivity contribution in [2.45, 2.75) is 124 Å². The Morgan fingerprint density at radius 1 is 0.614 bits per heavy atom. The predicted molar refractivity (Wildman–Crippen MR) is 190 cm³/mol. The Morgan fingerprint density at radius 3 is 1.36 bits per heavy atom. The highest BCUT2D eigenvalue weighted by Gasteiger charge is 2.30. The van der Waals surface area contributed by atoms with Crippen molar-refractivity contribution in [3.63, 3.8) is 0 Å². The lowest BCUT2D eigenvalue weighted by molar-refractivity contribution is 0.142. The monoisotopic (exact) mass is 617 g/mol. The molecular weight excluding hydrogens is 561 g/mol. The zero-order valence-electron chi connectivity index (χ0n) is 30.0. The molecule has 0 radical (unpaired) electrons. The fraction of sp³-hybridized carbons (Fsp3) is 0.538. The Morgan fingerprint density at radius 2 is 1.02 bits per heavy atom. The summed E-state index contributed by atoms with van der Waals surface area (Å²) < 4.78 is 21.1. The van der Waals surface area contributed by atoms with E-state index in [4.69, 9.17) is 12.9 Å². The molecule has 0 aliphatic heterocycles. The van der Waals surface area contributed by atoms with Crippen LogP contribution in [-0.2, 0) is 21.7 Å². The maximum Gasteiger partial charge on any atom is 0.388 e. The molecule has 4 rings (SSSR count). The molecule has 4 nitrogen and oxygen atoms in total. The highest BCUT2D eigenvalue weighted by molar-refractivity contribution is 7.31. The van der Waals surface area contributed by atoms with E-state index in [1.54, 1.807) is 0 Å². The largest absolute Gasteiger partial charge is 0.399 e. The van der Waals surface area contributed by atoms with Gasteiger partial charge in [0.1, 0.15) is 17.3 Å². The number of nitrogens with zero attached hydrogens (tertiary/aromatic N) is 1. The van der Waals surface area contributed by atoms with Crippen LogP contribution in [0.25, 0.3) is 21.9 Å². The van der Waals surface area contributed by atoms with Gasteiger partial charge in [0.15, 0.2) is 0 Å². The molecule has 0 aliphatic rings. The van der Waals surface area contributed by atoms with Crippen molar-refractivity contribution >= 4 is 30.2 Å². The second-order valence-electron chi connectivity index (χ2n) is 16.8. The molecule has 0 saturated heterocycles. The van der Waals surface area contributed by atoms with Crippen LogP contribution in [0.2, 0.25) is 0 Å². The van der Waals surface area contributed by atoms with Gasteiger partial charge in [-0.05, 0) is 71.5 Å². The van der Waals surface area contributed by atoms with Gasteiger partial charge in [0.2, 0.25) is 0 Å². The highest BCUT2D eigenvalue weighted by atomic mass is 31.1. The normalized spacial score (nSPS) is 14.8. The summed E-state index contributed by atoms with van der Waals surface area (Å²) in [6.45, 7) is 29.5. The molecule has 0 unspecified atom stereocenters. The minimum absolute atomic E-state index is 0.0440. The number of hydrogen-bond acceptors (Lipinski definition) is 4. The van der Waals surface area contributed by atoms with Gasteiger partial charge in [0.05, 0.1) is 0 Å². The van der Waals surface area contributed by atoms with Crippen molar-refractivity contribution in [2.75, 3.05) is 14.1 Å². The molecule has 0 N–H and O–H groups in total. The van der Waals surface area contributed by atoms with E-state index in [2.05, 4.69) is 158 Å². The van der Waals surface area contributed by atoms with Gasteiger partial charge >= 0.3 is 8.24 Å². The van der Waals surface area contributed by atoms with Crippen LogP contribution in [0, 0.1) is 0 Å². The fourth-order valence-corrected chi connectivity index (χ4v) is 6.78. The Balaban J connectivity index is 2.25. The van der Waals surface area contributed by atoms with Crippen molar-refractivity contribution < 1.29 is 12.9 Å². The first-order valence-corrected chi connectivity index (χ1v) is 17.1. The van der Waals surface area contributed by atoms with E-state index in [0.717, 1.165) is 27.5 Å². The SMILES string of the molecule is C[C@H]([C@H](Op1oc2c(C(C)(C)C)cc(C(C)(C)C)cc2c2cc(C(C)(C)C)cc(C(C)(C)C)c2o1)c1ccccc1)N(C)C. The quantitative estimate of drug-likeness (QED) is 0.223. The van der Waals surface area contributed by atoms with Gasteiger partial charge in [0.25, 0.3) is 0 Å². The second kappa shape index (κ2) is 12.0. The van der Waals surface area contributed by atoms with Crippen molar-refractivity contribution in [1.29, 1.82) is 0 Å². The van der Waals surface area contributed by atoms with Crippen LogP contribution < -0.4 is 4.52 Å². The highest BCUT2D eigenvalue weighted by Crippen LogP contribution is 2.46. The van der Waals surface area contributed by atoms with Gasteiger partial charge in [-0.3, -0.25) is 4.52 Å². The van der Waals surface area contributed by atoms with E-state index in [0.29, 0.717) is 0 Å². The maximum absolute atomic E-state index is 7.04. The molecule has 0 amide bonds. The first kappa shape index (κ1) is 34.4. The van der Waals surface area contributed by atoms with Crippen LogP contribution >= 0.6 is 8.24 Å². The molecule has 1 heterocycles. The zero-order valence-corrected chi connectivity index (χ0v) is 30.9. The molecule has 0 fully saturated rings. The number of hydrogen-bond donors (Lipinski definition) is 0. The molecule has 240 valence electrons. The van der Waals surface area contributed by atoms with Crippen molar-refractivity contribution in [1.82, 2.24) is 4.90 Å². The van der Waals surface area contributed by atoms with Crippen LogP contribution in [0.15, 0.2) is 63.0 Å². The van der Waals surface area contributed by atoms with Crippen LogP contribution in [0.3, 0.4) is 0 Å². The Bertz CT molecular complexity index is 1560. The lowest BCUT2D eigenvalue weighted by Gasteiger charge is -2.28. The molecule has 1 aromatic heterocycles. The Labute approximate surface area is 267 Å². The van der Waals surface area contributed by atoms with E-state index < -0.39 is 8.24 Å². The van der Waals surface area contributed by atoms with E-state index in [9.17, 15) is 0 Å². The smallest absolute Gasteiger partial charge is 0.388 e. The molecule has 0 bridgehead atoms. The molecule has 2 atom stereocenters. The molecule has 0 aliphatic carbocycles. The Kier molecular flexibility index (Phi) is 9.38. The van der Waals surface area contributed by atoms with E-state index >= 15 is 0 Å². The standard InChI is InChI=1S/C39H56NO3P/c1-25(40(14)15)33(26-19-17-16-18-20-26)41-44-42-34-29(21-27(36(2,3)4)23-31(34)38(8,9)10)30-22-28(37(5,6)7)24-32(35(30)43-44)39(11,12)13/h16-25,33H,1-15H3/t25-,33+/m1/s1. The first-order valence-electron chi connectivity index (χ1n) is 16.0. The molecule has 4 aromatic rings. The molecule has 44 heavy (non-hydrogen) atoms. The van der Waals surface area contributed by atoms with Crippen LogP contribution in [0.4, 0.5) is 0 Å². The van der Waals surface area contributed by atoms with E-state index in [1.807, 2.05) is 6.07 Å². The summed E-state index contributed by atoms with van der Waals surface area (Å²) in [6, 6.07) is 19.9. The lowest BCUT2D eigenvalue weighted by atomic mass is 9.77.